The second-order valence-electron chi connectivity index (χ2n) is 7.97. The Morgan fingerprint density at radius 3 is 2.51 bits per heavy atom. The Morgan fingerprint density at radius 2 is 1.83 bits per heavy atom. The fraction of sp³-hybridized carbons (Fsp3) is 0.304. The quantitative estimate of drug-likeness (QED) is 0.442. The van der Waals surface area contributed by atoms with Gasteiger partial charge in [-0.1, -0.05) is 23.7 Å². The first-order valence-electron chi connectivity index (χ1n) is 10.6. The first-order valence-corrected chi connectivity index (χ1v) is 12.5. The van der Waals surface area contributed by atoms with Crippen LogP contribution in [-0.2, 0) is 20.9 Å². The third kappa shape index (κ3) is 5.27. The average molecular weight is 527 g/mol. The molecule has 1 saturated heterocycles. The molecule has 0 spiro atoms. The molecule has 0 saturated carbocycles. The van der Waals surface area contributed by atoms with Crippen LogP contribution < -0.4 is 0 Å². The molecule has 0 radical (unpaired) electrons. The van der Waals surface area contributed by atoms with Crippen molar-refractivity contribution in [2.75, 3.05) is 26.3 Å². The van der Waals surface area contributed by atoms with E-state index in [9.17, 15) is 21.6 Å². The number of benzene rings is 2. The number of ether oxygens (including phenoxy) is 1. The molecule has 12 heteroatoms. The van der Waals surface area contributed by atoms with Crippen LogP contribution in [0, 0.1) is 13.8 Å². The Kier molecular flexibility index (Phi) is 7.05. The minimum Gasteiger partial charge on any atom is -0.379 e. The van der Waals surface area contributed by atoms with Gasteiger partial charge in [-0.3, -0.25) is 4.99 Å². The van der Waals surface area contributed by atoms with Crippen molar-refractivity contribution in [2.24, 2.45) is 4.99 Å². The largest absolute Gasteiger partial charge is 0.416 e. The summed E-state index contributed by atoms with van der Waals surface area (Å²) in [6, 6.07) is 9.50. The van der Waals surface area contributed by atoms with Gasteiger partial charge in [0.15, 0.2) is 0 Å². The number of nitrogens with zero attached hydrogens (tertiary/aromatic N) is 4. The summed E-state index contributed by atoms with van der Waals surface area (Å²) in [5.74, 6) is 0. The van der Waals surface area contributed by atoms with Crippen molar-refractivity contribution in [3.05, 3.63) is 70.0 Å². The number of morpholine rings is 1. The van der Waals surface area contributed by atoms with Gasteiger partial charge in [-0.15, -0.1) is 0 Å². The van der Waals surface area contributed by atoms with Gasteiger partial charge in [-0.25, -0.2) is 13.1 Å². The van der Waals surface area contributed by atoms with Gasteiger partial charge < -0.3 is 4.74 Å². The minimum absolute atomic E-state index is 0.0823. The molecule has 0 unspecified atom stereocenters. The van der Waals surface area contributed by atoms with Gasteiger partial charge in [0.2, 0.25) is 10.0 Å². The first-order chi connectivity index (χ1) is 16.5. The topological polar surface area (TPSA) is 76.8 Å². The molecule has 186 valence electrons. The van der Waals surface area contributed by atoms with Crippen molar-refractivity contribution in [1.82, 2.24) is 14.1 Å². The Balaban J connectivity index is 1.65. The molecule has 1 aromatic heterocycles. The molecule has 0 bridgehead atoms. The number of sulfonamides is 1. The van der Waals surface area contributed by atoms with Crippen molar-refractivity contribution in [3.8, 4) is 5.69 Å². The zero-order valence-corrected chi connectivity index (χ0v) is 20.5. The Labute approximate surface area is 205 Å². The van der Waals surface area contributed by atoms with Crippen LogP contribution in [0.3, 0.4) is 0 Å². The van der Waals surface area contributed by atoms with Crippen LogP contribution in [0.5, 0.6) is 0 Å². The fourth-order valence-corrected chi connectivity index (χ4v) is 5.63. The molecule has 0 atom stereocenters. The van der Waals surface area contributed by atoms with Crippen molar-refractivity contribution < 1.29 is 26.3 Å². The third-order valence-electron chi connectivity index (χ3n) is 5.57. The van der Waals surface area contributed by atoms with Crippen molar-refractivity contribution >= 4 is 33.5 Å². The first kappa shape index (κ1) is 25.4. The van der Waals surface area contributed by atoms with E-state index in [0.29, 0.717) is 35.7 Å². The molecule has 0 aliphatic carbocycles. The molecular weight excluding hydrogens is 505 g/mol. The van der Waals surface area contributed by atoms with Crippen LogP contribution in [0.25, 0.3) is 5.69 Å². The third-order valence-corrected chi connectivity index (χ3v) is 7.97. The number of halogens is 4. The highest BCUT2D eigenvalue weighted by Gasteiger charge is 2.31. The molecule has 35 heavy (non-hydrogen) atoms. The lowest BCUT2D eigenvalue weighted by atomic mass is 10.2. The maximum Gasteiger partial charge on any atom is 0.416 e. The summed E-state index contributed by atoms with van der Waals surface area (Å²) in [6.07, 6.45) is -3.08. The van der Waals surface area contributed by atoms with Gasteiger partial charge in [-0.05, 0) is 49.7 Å². The van der Waals surface area contributed by atoms with Crippen LogP contribution in [0.15, 0.2) is 52.4 Å². The van der Waals surface area contributed by atoms with Gasteiger partial charge in [-0.2, -0.15) is 22.6 Å². The smallest absolute Gasteiger partial charge is 0.379 e. The van der Waals surface area contributed by atoms with Crippen LogP contribution in [0.1, 0.15) is 22.4 Å². The van der Waals surface area contributed by atoms with Crippen molar-refractivity contribution in [1.29, 1.82) is 0 Å². The number of hydrogen-bond donors (Lipinski definition) is 0. The monoisotopic (exact) mass is 526 g/mol. The SMILES string of the molecule is Cc1ccc(N=Cc2c(C)nn(-c3cccc(C(F)(F)F)c3)c2Cl)cc1S(=O)(=O)N1CCOCC1. The predicted octanol–water partition coefficient (Wildman–Crippen LogP) is 4.93. The maximum absolute atomic E-state index is 13.1. The Bertz CT molecular complexity index is 1380. The average Bonchev–Trinajstić information content (AvgIpc) is 3.11. The zero-order chi connectivity index (χ0) is 25.4. The molecule has 0 N–H and O–H groups in total. The molecule has 1 aliphatic heterocycles. The summed E-state index contributed by atoms with van der Waals surface area (Å²) >= 11 is 6.44. The highest BCUT2D eigenvalue weighted by molar-refractivity contribution is 7.89. The van der Waals surface area contributed by atoms with Gasteiger partial charge in [0, 0.05) is 19.3 Å². The maximum atomic E-state index is 13.1. The molecule has 2 heterocycles. The number of aryl methyl sites for hydroxylation is 2. The Hall–Kier alpha value is -2.73. The van der Waals surface area contributed by atoms with Crippen molar-refractivity contribution in [3.63, 3.8) is 0 Å². The number of hydrogen-bond acceptors (Lipinski definition) is 5. The predicted molar refractivity (Wildman–Crippen MR) is 126 cm³/mol. The van der Waals surface area contributed by atoms with E-state index in [-0.39, 0.29) is 28.8 Å². The van der Waals surface area contributed by atoms with E-state index in [0.717, 1.165) is 12.1 Å². The van der Waals surface area contributed by atoms with E-state index in [1.807, 2.05) is 0 Å². The summed E-state index contributed by atoms with van der Waals surface area (Å²) in [5.41, 5.74) is 1.16. The molecule has 2 aromatic carbocycles. The molecule has 4 rings (SSSR count). The molecule has 3 aromatic rings. The number of alkyl halides is 3. The summed E-state index contributed by atoms with van der Waals surface area (Å²) in [6.45, 7) is 4.59. The number of aliphatic imine (C=N–C) groups is 1. The fourth-order valence-electron chi connectivity index (χ4n) is 3.65. The summed E-state index contributed by atoms with van der Waals surface area (Å²) in [4.78, 5) is 4.52. The van der Waals surface area contributed by atoms with E-state index in [2.05, 4.69) is 10.1 Å². The number of aromatic nitrogens is 2. The second-order valence-corrected chi connectivity index (χ2v) is 10.2. The minimum atomic E-state index is -4.50. The molecule has 1 fully saturated rings. The van der Waals surface area contributed by atoms with Crippen LogP contribution in [0.4, 0.5) is 18.9 Å². The molecule has 7 nitrogen and oxygen atoms in total. The van der Waals surface area contributed by atoms with Gasteiger partial charge in [0.05, 0.1) is 46.3 Å². The summed E-state index contributed by atoms with van der Waals surface area (Å²) < 4.78 is 73.4. The summed E-state index contributed by atoms with van der Waals surface area (Å²) in [5, 5.41) is 4.34. The lowest BCUT2D eigenvalue weighted by molar-refractivity contribution is -0.137. The molecular formula is C23H22ClF3N4O3S. The molecule has 0 amide bonds. The molecule has 1 aliphatic rings. The van der Waals surface area contributed by atoms with E-state index >= 15 is 0 Å². The number of rotatable bonds is 5. The van der Waals surface area contributed by atoms with Gasteiger partial charge in [0.25, 0.3) is 0 Å². The Morgan fingerprint density at radius 1 is 1.11 bits per heavy atom. The van der Waals surface area contributed by atoms with E-state index < -0.39 is 21.8 Å². The lowest BCUT2D eigenvalue weighted by Gasteiger charge is -2.26. The lowest BCUT2D eigenvalue weighted by Crippen LogP contribution is -2.40. The van der Waals surface area contributed by atoms with Gasteiger partial charge in [0.1, 0.15) is 5.15 Å². The van der Waals surface area contributed by atoms with E-state index in [1.54, 1.807) is 26.0 Å². The second kappa shape index (κ2) is 9.73. The normalized spacial score (nSPS) is 15.7. The van der Waals surface area contributed by atoms with Crippen LogP contribution >= 0.6 is 11.6 Å². The summed E-state index contributed by atoms with van der Waals surface area (Å²) in [7, 11) is -3.72. The zero-order valence-electron chi connectivity index (χ0n) is 18.9. The van der Waals surface area contributed by atoms with E-state index in [4.69, 9.17) is 16.3 Å². The van der Waals surface area contributed by atoms with Crippen molar-refractivity contribution in [2.45, 2.75) is 24.9 Å². The highest BCUT2D eigenvalue weighted by Crippen LogP contribution is 2.32. The van der Waals surface area contributed by atoms with E-state index in [1.165, 1.54) is 33.4 Å². The highest BCUT2D eigenvalue weighted by atomic mass is 35.5. The van der Waals surface area contributed by atoms with Crippen LogP contribution in [-0.4, -0.2) is 55.0 Å². The van der Waals surface area contributed by atoms with Crippen LogP contribution in [0.2, 0.25) is 5.15 Å². The van der Waals surface area contributed by atoms with Gasteiger partial charge >= 0.3 is 6.18 Å². The standard InChI is InChI=1S/C23H22ClF3N4O3S/c1-15-6-7-18(13-21(15)35(32,33)30-8-10-34-11-9-30)28-14-20-16(2)29-31(22(20)24)19-5-3-4-17(12-19)23(25,26)27/h3-7,12-14H,8-11H2,1-2H3.